The number of hydrogen-bond donors (Lipinski definition) is 2. The first-order valence-corrected chi connectivity index (χ1v) is 10.4. The lowest BCUT2D eigenvalue weighted by Crippen LogP contribution is -2.29. The molecule has 0 radical (unpaired) electrons. The zero-order chi connectivity index (χ0) is 22.2. The maximum atomic E-state index is 12.5. The molecule has 0 bridgehead atoms. The molecule has 0 aliphatic carbocycles. The maximum absolute atomic E-state index is 12.5. The van der Waals surface area contributed by atoms with E-state index < -0.39 is 6.09 Å². The van der Waals surface area contributed by atoms with Crippen LogP contribution in [0.25, 0.3) is 33.5 Å². The third-order valence-corrected chi connectivity index (χ3v) is 5.47. The molecular weight excluding hydrogens is 428 g/mol. The lowest BCUT2D eigenvalue weighted by Gasteiger charge is -2.13. The summed E-state index contributed by atoms with van der Waals surface area (Å²) in [6, 6.07) is 15.0. The second-order valence-electron chi connectivity index (χ2n) is 7.41. The lowest BCUT2D eigenvalue weighted by atomic mass is 10.1. The van der Waals surface area contributed by atoms with Gasteiger partial charge in [0.15, 0.2) is 16.9 Å². The predicted molar refractivity (Wildman–Crippen MR) is 123 cm³/mol. The third-order valence-electron chi connectivity index (χ3n) is 5.24. The van der Waals surface area contributed by atoms with Gasteiger partial charge in [-0.05, 0) is 30.7 Å². The molecule has 0 unspecified atom stereocenters. The summed E-state index contributed by atoms with van der Waals surface area (Å²) in [5.74, 6) is 0.287. The van der Waals surface area contributed by atoms with E-state index in [1.807, 2.05) is 62.5 Å². The Bertz CT molecular complexity index is 1440. The van der Waals surface area contributed by atoms with E-state index in [0.29, 0.717) is 27.6 Å². The molecule has 0 aliphatic rings. The zero-order valence-corrected chi connectivity index (χ0v) is 18.1. The highest BCUT2D eigenvalue weighted by atomic mass is 35.5. The van der Waals surface area contributed by atoms with Crippen LogP contribution in [0.4, 0.5) is 4.79 Å². The van der Waals surface area contributed by atoms with Crippen LogP contribution in [0.1, 0.15) is 18.5 Å². The number of aryl methyl sites for hydroxylation is 1. The number of rotatable bonds is 4. The Labute approximate surface area is 188 Å². The van der Waals surface area contributed by atoms with Gasteiger partial charge in [-0.15, -0.1) is 0 Å². The van der Waals surface area contributed by atoms with Gasteiger partial charge in [0.05, 0.1) is 17.8 Å². The number of aromatic nitrogens is 5. The first-order valence-electron chi connectivity index (χ1n) is 9.99. The molecule has 1 amide bonds. The molecule has 5 aromatic rings. The molecule has 0 saturated carbocycles. The molecule has 3 heterocycles. The molecular formula is C23H19ClN6O2. The summed E-state index contributed by atoms with van der Waals surface area (Å²) in [6.45, 7) is 1.89. The zero-order valence-electron chi connectivity index (χ0n) is 17.3. The smallest absolute Gasteiger partial charge is 0.406 e. The van der Waals surface area contributed by atoms with Crippen LogP contribution in [0, 0.1) is 0 Å². The van der Waals surface area contributed by atoms with Crippen LogP contribution in [-0.4, -0.2) is 30.8 Å². The van der Waals surface area contributed by atoms with Crippen LogP contribution in [0.2, 0.25) is 5.02 Å². The van der Waals surface area contributed by atoms with Crippen molar-refractivity contribution in [1.82, 2.24) is 30.0 Å². The van der Waals surface area contributed by atoms with Gasteiger partial charge < -0.3 is 15.0 Å². The van der Waals surface area contributed by atoms with E-state index >= 15 is 0 Å². The van der Waals surface area contributed by atoms with Gasteiger partial charge in [-0.2, -0.15) is 5.10 Å². The number of nitrogens with one attached hydrogen (secondary N) is 2. The van der Waals surface area contributed by atoms with Crippen LogP contribution in [0.15, 0.2) is 60.9 Å². The average molecular weight is 447 g/mol. The van der Waals surface area contributed by atoms with Gasteiger partial charge in [0.1, 0.15) is 11.4 Å². The molecule has 2 N–H and O–H groups in total. The third kappa shape index (κ3) is 3.65. The number of benzene rings is 2. The van der Waals surface area contributed by atoms with Gasteiger partial charge in [-0.1, -0.05) is 41.9 Å². The summed E-state index contributed by atoms with van der Waals surface area (Å²) in [4.78, 5) is 24.6. The first-order chi connectivity index (χ1) is 15.5. The number of halogens is 1. The molecule has 1 atom stereocenters. The number of H-pyrrole nitrogens is 1. The number of amides is 1. The average Bonchev–Trinajstić information content (AvgIpc) is 3.34. The number of nitrogens with zero attached hydrogens (tertiary/aromatic N) is 4. The van der Waals surface area contributed by atoms with Gasteiger partial charge in [-0.25, -0.2) is 14.8 Å². The van der Waals surface area contributed by atoms with Gasteiger partial charge in [0.25, 0.3) is 0 Å². The van der Waals surface area contributed by atoms with E-state index in [0.717, 1.165) is 16.5 Å². The molecule has 5 rings (SSSR count). The molecule has 0 spiro atoms. The van der Waals surface area contributed by atoms with E-state index in [1.54, 1.807) is 17.1 Å². The number of hydrogen-bond acceptors (Lipinski definition) is 5. The van der Waals surface area contributed by atoms with Crippen molar-refractivity contribution in [2.45, 2.75) is 13.0 Å². The summed E-state index contributed by atoms with van der Waals surface area (Å²) < 4.78 is 7.28. The maximum Gasteiger partial charge on any atom is 0.413 e. The molecule has 3 aromatic heterocycles. The molecule has 9 heteroatoms. The van der Waals surface area contributed by atoms with Crippen LogP contribution in [0.3, 0.4) is 0 Å². The molecule has 8 nitrogen and oxygen atoms in total. The lowest BCUT2D eigenvalue weighted by molar-refractivity contribution is 0.197. The van der Waals surface area contributed by atoms with E-state index in [4.69, 9.17) is 16.3 Å². The van der Waals surface area contributed by atoms with Gasteiger partial charge >= 0.3 is 6.09 Å². The summed E-state index contributed by atoms with van der Waals surface area (Å²) in [6.07, 6.45) is 2.63. The predicted octanol–water partition coefficient (Wildman–Crippen LogP) is 5.01. The number of aromatic amines is 1. The first kappa shape index (κ1) is 20.0. The van der Waals surface area contributed by atoms with Crippen LogP contribution in [-0.2, 0) is 7.05 Å². The van der Waals surface area contributed by atoms with Gasteiger partial charge in [-0.3, -0.25) is 4.68 Å². The van der Waals surface area contributed by atoms with E-state index in [1.165, 1.54) is 0 Å². The van der Waals surface area contributed by atoms with Crippen LogP contribution >= 0.6 is 11.6 Å². The molecule has 2 aromatic carbocycles. The van der Waals surface area contributed by atoms with Crippen molar-refractivity contribution in [1.29, 1.82) is 0 Å². The molecule has 160 valence electrons. The highest BCUT2D eigenvalue weighted by Gasteiger charge is 2.18. The number of carbonyl (C=O) groups excluding carboxylic acids is 1. The molecule has 0 saturated heterocycles. The van der Waals surface area contributed by atoms with Crippen molar-refractivity contribution in [2.24, 2.45) is 7.05 Å². The number of fused-ring (bicyclic) bond motifs is 2. The Hall–Kier alpha value is -3.91. The van der Waals surface area contributed by atoms with Crippen LogP contribution < -0.4 is 10.1 Å². The molecule has 0 fully saturated rings. The minimum absolute atomic E-state index is 0.206. The van der Waals surface area contributed by atoms with Crippen LogP contribution in [0.5, 0.6) is 5.75 Å². The van der Waals surface area contributed by atoms with E-state index in [-0.39, 0.29) is 11.8 Å². The van der Waals surface area contributed by atoms with Crippen molar-refractivity contribution in [3.05, 3.63) is 71.5 Å². The fourth-order valence-electron chi connectivity index (χ4n) is 3.61. The largest absolute Gasteiger partial charge is 0.413 e. The summed E-state index contributed by atoms with van der Waals surface area (Å²) in [5.41, 5.74) is 4.05. The fourth-order valence-corrected chi connectivity index (χ4v) is 3.78. The van der Waals surface area contributed by atoms with E-state index in [9.17, 15) is 4.79 Å². The van der Waals surface area contributed by atoms with Crippen molar-refractivity contribution < 1.29 is 9.53 Å². The Morgan fingerprint density at radius 2 is 2.03 bits per heavy atom. The summed E-state index contributed by atoms with van der Waals surface area (Å²) in [7, 11) is 1.84. The summed E-state index contributed by atoms with van der Waals surface area (Å²) in [5, 5.41) is 8.94. The Kier molecular flexibility index (Phi) is 4.99. The monoisotopic (exact) mass is 446 g/mol. The number of ether oxygens (including phenoxy) is 1. The Balaban J connectivity index is 1.44. The normalized spacial score (nSPS) is 12.2. The Morgan fingerprint density at radius 3 is 2.84 bits per heavy atom. The minimum Gasteiger partial charge on any atom is -0.406 e. The SMILES string of the molecule is C[C@H](NC(=O)Oc1c[nH]c2ncc(-c3nn(C)c4cc(Cl)ccc34)nc12)c1ccccc1. The van der Waals surface area contributed by atoms with Crippen molar-refractivity contribution in [3.63, 3.8) is 0 Å². The highest BCUT2D eigenvalue weighted by Crippen LogP contribution is 2.30. The van der Waals surface area contributed by atoms with E-state index in [2.05, 4.69) is 25.4 Å². The quantitative estimate of drug-likeness (QED) is 0.404. The van der Waals surface area contributed by atoms with Gasteiger partial charge in [0.2, 0.25) is 0 Å². The second-order valence-corrected chi connectivity index (χ2v) is 7.84. The van der Waals surface area contributed by atoms with Crippen molar-refractivity contribution in [2.75, 3.05) is 0 Å². The number of carbonyl (C=O) groups is 1. The Morgan fingerprint density at radius 1 is 1.22 bits per heavy atom. The second kappa shape index (κ2) is 7.97. The van der Waals surface area contributed by atoms with Crippen molar-refractivity contribution >= 4 is 39.8 Å². The fraction of sp³-hybridized carbons (Fsp3) is 0.130. The minimum atomic E-state index is -0.576. The molecule has 32 heavy (non-hydrogen) atoms. The topological polar surface area (TPSA) is 97.7 Å². The standard InChI is InChI=1S/C23H19ClN6O2/c1-13(14-6-4-3-5-7-14)27-23(31)32-19-12-26-22-21(19)28-17(11-25-22)20-16-9-8-15(24)10-18(16)30(2)29-20/h3-13H,1-2H3,(H,25,26)(H,27,31)/t13-/m0/s1. The highest BCUT2D eigenvalue weighted by molar-refractivity contribution is 6.31. The van der Waals surface area contributed by atoms with Crippen molar-refractivity contribution in [3.8, 4) is 17.1 Å². The molecule has 0 aliphatic heterocycles. The van der Waals surface area contributed by atoms with Gasteiger partial charge in [0, 0.05) is 23.7 Å². The summed E-state index contributed by atoms with van der Waals surface area (Å²) >= 11 is 6.13.